The lowest BCUT2D eigenvalue weighted by Gasteiger charge is -2.11. The van der Waals surface area contributed by atoms with E-state index in [0.29, 0.717) is 11.5 Å². The summed E-state index contributed by atoms with van der Waals surface area (Å²) in [5.74, 6) is 0.493. The van der Waals surface area contributed by atoms with Gasteiger partial charge in [0, 0.05) is 6.04 Å². The summed E-state index contributed by atoms with van der Waals surface area (Å²) in [7, 11) is -3.40. The van der Waals surface area contributed by atoms with Crippen LogP contribution in [0, 0.1) is 5.92 Å². The topological polar surface area (TPSA) is 66.4 Å². The van der Waals surface area contributed by atoms with Crippen molar-refractivity contribution in [2.24, 2.45) is 5.92 Å². The highest BCUT2D eigenvalue weighted by Gasteiger charge is 2.31. The molecule has 6 heteroatoms. The van der Waals surface area contributed by atoms with Crippen LogP contribution in [0.25, 0.3) is 0 Å². The van der Waals surface area contributed by atoms with Gasteiger partial charge in [0.05, 0.1) is 6.61 Å². The van der Waals surface area contributed by atoms with E-state index < -0.39 is 10.0 Å². The van der Waals surface area contributed by atoms with Gasteiger partial charge in [0.2, 0.25) is 10.0 Å². The molecule has 1 saturated carbocycles. The number of sulfonamides is 1. The van der Waals surface area contributed by atoms with E-state index in [-0.39, 0.29) is 16.9 Å². The smallest absolute Gasteiger partial charge is 0.250 e. The molecule has 0 bridgehead atoms. The molecular formula is C10H15NO3S2. The molecule has 2 rings (SSSR count). The number of hydrogen-bond acceptors (Lipinski definition) is 4. The first-order chi connectivity index (χ1) is 7.53. The molecule has 0 aliphatic heterocycles. The first-order valence-corrected chi connectivity index (χ1v) is 7.60. The van der Waals surface area contributed by atoms with Gasteiger partial charge in [0.15, 0.2) is 0 Å². The molecule has 1 heterocycles. The molecular weight excluding hydrogens is 246 g/mol. The predicted octanol–water partition coefficient (Wildman–Crippen LogP) is 1.32. The average molecular weight is 261 g/mol. The third kappa shape index (κ3) is 2.63. The zero-order chi connectivity index (χ0) is 11.8. The lowest BCUT2D eigenvalue weighted by atomic mass is 10.2. The number of nitrogens with one attached hydrogen (secondary N) is 1. The molecule has 1 aromatic heterocycles. The zero-order valence-electron chi connectivity index (χ0n) is 9.01. The van der Waals surface area contributed by atoms with Gasteiger partial charge in [-0.15, -0.1) is 11.3 Å². The van der Waals surface area contributed by atoms with Crippen LogP contribution in [-0.2, 0) is 16.6 Å². The Kier molecular flexibility index (Phi) is 3.34. The summed E-state index contributed by atoms with van der Waals surface area (Å²) in [6.45, 7) is 1.78. The molecule has 1 atom stereocenters. The second kappa shape index (κ2) is 4.44. The highest BCUT2D eigenvalue weighted by Crippen LogP contribution is 2.33. The van der Waals surface area contributed by atoms with Crippen LogP contribution in [0.2, 0.25) is 0 Å². The van der Waals surface area contributed by atoms with Gasteiger partial charge in [-0.1, -0.05) is 0 Å². The Morgan fingerprint density at radius 2 is 2.31 bits per heavy atom. The van der Waals surface area contributed by atoms with Gasteiger partial charge in [-0.3, -0.25) is 0 Å². The number of rotatable bonds is 5. The highest BCUT2D eigenvalue weighted by molar-refractivity contribution is 7.91. The summed E-state index contributed by atoms with van der Waals surface area (Å²) >= 11 is 1.14. The summed E-state index contributed by atoms with van der Waals surface area (Å²) in [5.41, 5.74) is 0.643. The number of thiophene rings is 1. The lowest BCUT2D eigenvalue weighted by Crippen LogP contribution is -2.33. The molecule has 0 spiro atoms. The van der Waals surface area contributed by atoms with Crippen LogP contribution in [0.4, 0.5) is 0 Å². The minimum absolute atomic E-state index is 0.00433. The fourth-order valence-electron chi connectivity index (χ4n) is 1.57. The van der Waals surface area contributed by atoms with Crippen LogP contribution in [0.1, 0.15) is 25.3 Å². The van der Waals surface area contributed by atoms with Crippen molar-refractivity contribution in [2.45, 2.75) is 36.6 Å². The van der Waals surface area contributed by atoms with Crippen molar-refractivity contribution in [3.8, 4) is 0 Å². The molecule has 1 aromatic rings. The fourth-order valence-corrected chi connectivity index (χ4v) is 4.10. The van der Waals surface area contributed by atoms with Crippen LogP contribution in [-0.4, -0.2) is 19.6 Å². The highest BCUT2D eigenvalue weighted by atomic mass is 32.2. The Morgan fingerprint density at radius 1 is 1.62 bits per heavy atom. The van der Waals surface area contributed by atoms with E-state index in [1.165, 1.54) is 6.07 Å². The molecule has 90 valence electrons. The zero-order valence-corrected chi connectivity index (χ0v) is 10.6. The molecule has 0 amide bonds. The molecule has 1 aliphatic rings. The maximum atomic E-state index is 11.9. The minimum atomic E-state index is -3.40. The molecule has 1 fully saturated rings. The van der Waals surface area contributed by atoms with Gasteiger partial charge in [0.1, 0.15) is 4.21 Å². The molecule has 16 heavy (non-hydrogen) atoms. The third-order valence-electron chi connectivity index (χ3n) is 2.75. The summed E-state index contributed by atoms with van der Waals surface area (Å²) in [5, 5.41) is 10.6. The van der Waals surface area contributed by atoms with E-state index in [1.807, 2.05) is 6.92 Å². The third-order valence-corrected chi connectivity index (χ3v) is 5.79. The van der Waals surface area contributed by atoms with Crippen LogP contribution in [0.5, 0.6) is 0 Å². The normalized spacial score (nSPS) is 18.6. The monoisotopic (exact) mass is 261 g/mol. The van der Waals surface area contributed by atoms with Gasteiger partial charge in [-0.25, -0.2) is 13.1 Å². The van der Waals surface area contributed by atoms with E-state index in [0.717, 1.165) is 24.2 Å². The average Bonchev–Trinajstić information content (AvgIpc) is 2.95. The van der Waals surface area contributed by atoms with Gasteiger partial charge < -0.3 is 5.11 Å². The Morgan fingerprint density at radius 3 is 2.81 bits per heavy atom. The van der Waals surface area contributed by atoms with E-state index in [4.69, 9.17) is 5.11 Å². The quantitative estimate of drug-likeness (QED) is 0.840. The van der Waals surface area contributed by atoms with Gasteiger partial charge in [-0.05, 0) is 42.7 Å². The van der Waals surface area contributed by atoms with Crippen LogP contribution in [0.15, 0.2) is 15.7 Å². The van der Waals surface area contributed by atoms with Crippen molar-refractivity contribution in [3.05, 3.63) is 17.0 Å². The first kappa shape index (κ1) is 12.0. The number of aliphatic hydroxyl groups is 1. The number of hydrogen-bond donors (Lipinski definition) is 2. The van der Waals surface area contributed by atoms with Gasteiger partial charge >= 0.3 is 0 Å². The molecule has 4 nitrogen and oxygen atoms in total. The molecule has 1 aliphatic carbocycles. The van der Waals surface area contributed by atoms with Gasteiger partial charge in [0.25, 0.3) is 0 Å². The van der Waals surface area contributed by atoms with Crippen molar-refractivity contribution in [1.82, 2.24) is 4.72 Å². The largest absolute Gasteiger partial charge is 0.392 e. The van der Waals surface area contributed by atoms with Crippen LogP contribution >= 0.6 is 11.3 Å². The standard InChI is InChI=1S/C10H15NO3S2/c1-7(9-2-3-9)11-16(13,14)10-4-8(5-12)6-15-10/h4,6-7,9,11-12H,2-3,5H2,1H3. The maximum Gasteiger partial charge on any atom is 0.250 e. The SMILES string of the molecule is CC(NS(=O)(=O)c1cc(CO)cs1)C1CC1. The molecule has 1 unspecified atom stereocenters. The summed E-state index contributed by atoms with van der Waals surface area (Å²) in [6.07, 6.45) is 2.21. The van der Waals surface area contributed by atoms with Crippen molar-refractivity contribution in [2.75, 3.05) is 0 Å². The molecule has 2 N–H and O–H groups in total. The Hall–Kier alpha value is -0.430. The van der Waals surface area contributed by atoms with E-state index in [9.17, 15) is 8.42 Å². The Bertz CT molecular complexity index is 462. The summed E-state index contributed by atoms with van der Waals surface area (Å²) in [4.78, 5) is 0. The maximum absolute atomic E-state index is 11.9. The second-order valence-corrected chi connectivity index (χ2v) is 7.03. The number of aliphatic hydroxyl groups excluding tert-OH is 1. The van der Waals surface area contributed by atoms with Crippen LogP contribution < -0.4 is 4.72 Å². The first-order valence-electron chi connectivity index (χ1n) is 5.23. The second-order valence-electron chi connectivity index (χ2n) is 4.18. The van der Waals surface area contributed by atoms with E-state index in [1.54, 1.807) is 5.38 Å². The van der Waals surface area contributed by atoms with Gasteiger partial charge in [-0.2, -0.15) is 0 Å². The van der Waals surface area contributed by atoms with Crippen molar-refractivity contribution >= 4 is 21.4 Å². The van der Waals surface area contributed by atoms with E-state index in [2.05, 4.69) is 4.72 Å². The van der Waals surface area contributed by atoms with Crippen molar-refractivity contribution < 1.29 is 13.5 Å². The van der Waals surface area contributed by atoms with Crippen molar-refractivity contribution in [3.63, 3.8) is 0 Å². The summed E-state index contributed by atoms with van der Waals surface area (Å²) < 4.78 is 26.8. The molecule has 0 aromatic carbocycles. The minimum Gasteiger partial charge on any atom is -0.392 e. The Labute approximate surface area is 99.4 Å². The van der Waals surface area contributed by atoms with Crippen LogP contribution in [0.3, 0.4) is 0 Å². The van der Waals surface area contributed by atoms with E-state index >= 15 is 0 Å². The van der Waals surface area contributed by atoms with Crippen molar-refractivity contribution in [1.29, 1.82) is 0 Å². The molecule has 0 radical (unpaired) electrons. The Balaban J connectivity index is 2.11. The fraction of sp³-hybridized carbons (Fsp3) is 0.600. The lowest BCUT2D eigenvalue weighted by molar-refractivity contribution is 0.282. The predicted molar refractivity (Wildman–Crippen MR) is 62.7 cm³/mol. The summed E-state index contributed by atoms with van der Waals surface area (Å²) in [6, 6.07) is 1.52. The molecule has 0 saturated heterocycles.